The van der Waals surface area contributed by atoms with Gasteiger partial charge in [0.05, 0.1) is 36.0 Å². The maximum atomic E-state index is 13.3. The highest BCUT2D eigenvalue weighted by molar-refractivity contribution is 6.32. The second-order valence-electron chi connectivity index (χ2n) is 6.63. The van der Waals surface area contributed by atoms with Crippen LogP contribution in [0.5, 0.6) is 0 Å². The van der Waals surface area contributed by atoms with Crippen molar-refractivity contribution in [1.29, 1.82) is 0 Å². The summed E-state index contributed by atoms with van der Waals surface area (Å²) in [4.78, 5) is 17.8. The second kappa shape index (κ2) is 7.18. The van der Waals surface area contributed by atoms with E-state index in [9.17, 15) is 22.4 Å². The molecule has 4 rings (SSSR count). The molecule has 11 heteroatoms. The summed E-state index contributed by atoms with van der Waals surface area (Å²) in [7, 11) is 0. The molecule has 0 fully saturated rings. The quantitative estimate of drug-likeness (QED) is 0.651. The molecule has 0 amide bonds. The van der Waals surface area contributed by atoms with Crippen LogP contribution >= 0.6 is 11.6 Å². The fourth-order valence-electron chi connectivity index (χ4n) is 3.44. The lowest BCUT2D eigenvalue weighted by Gasteiger charge is -2.29. The van der Waals surface area contributed by atoms with Crippen LogP contribution in [-0.2, 0) is 25.7 Å². The van der Waals surface area contributed by atoms with Crippen molar-refractivity contribution in [3.05, 3.63) is 74.4 Å². The minimum absolute atomic E-state index is 0.0176. The summed E-state index contributed by atoms with van der Waals surface area (Å²) in [6.07, 6.45) is -1.25. The number of benzene rings is 1. The van der Waals surface area contributed by atoms with Crippen LogP contribution in [0.2, 0.25) is 5.02 Å². The van der Waals surface area contributed by atoms with Gasteiger partial charge in [-0.25, -0.2) is 14.5 Å². The summed E-state index contributed by atoms with van der Waals surface area (Å²) in [5.41, 5.74) is 0.378. The first-order valence-corrected chi connectivity index (χ1v) is 8.98. The van der Waals surface area contributed by atoms with Crippen molar-refractivity contribution in [2.24, 2.45) is 0 Å². The molecule has 1 aliphatic rings. The van der Waals surface area contributed by atoms with Gasteiger partial charge in [-0.1, -0.05) is 17.7 Å². The number of halogens is 5. The Labute approximate surface area is 166 Å². The number of fused-ring (bicyclic) bond motifs is 1. The highest BCUT2D eigenvalue weighted by atomic mass is 35.5. The van der Waals surface area contributed by atoms with E-state index >= 15 is 0 Å². The summed E-state index contributed by atoms with van der Waals surface area (Å²) in [6.45, 7) is 0.743. The van der Waals surface area contributed by atoms with E-state index in [0.29, 0.717) is 37.0 Å². The number of nitrogens with zero attached hydrogens (tertiary/aromatic N) is 4. The van der Waals surface area contributed by atoms with Crippen LogP contribution in [0.3, 0.4) is 0 Å². The summed E-state index contributed by atoms with van der Waals surface area (Å²) in [5, 5.41) is 6.02. The van der Waals surface area contributed by atoms with Crippen molar-refractivity contribution < 1.29 is 17.6 Å². The molecular weight excluding hydrogens is 414 g/mol. The first-order valence-electron chi connectivity index (χ1n) is 8.60. The van der Waals surface area contributed by atoms with Crippen molar-refractivity contribution in [1.82, 2.24) is 19.7 Å². The zero-order chi connectivity index (χ0) is 20.8. The Balaban J connectivity index is 1.62. The molecule has 3 aromatic rings. The molecule has 6 nitrogen and oxygen atoms in total. The van der Waals surface area contributed by atoms with E-state index in [4.69, 9.17) is 11.6 Å². The molecule has 1 aromatic carbocycles. The Hall–Kier alpha value is -2.88. The molecule has 0 saturated carbocycles. The SMILES string of the molecule is O=c1[nH]ncc(N2CCc3c(ncn3Cc3ccc(F)cc3C(F)(F)F)C2)c1Cl. The largest absolute Gasteiger partial charge is 0.416 e. The minimum atomic E-state index is -4.65. The number of nitrogens with one attached hydrogen (secondary N) is 1. The molecule has 0 spiro atoms. The fraction of sp³-hybridized carbons (Fsp3) is 0.278. The Morgan fingerprint density at radius 3 is 2.83 bits per heavy atom. The second-order valence-corrected chi connectivity index (χ2v) is 7.01. The number of imidazole rings is 1. The predicted molar refractivity (Wildman–Crippen MR) is 97.4 cm³/mol. The molecule has 0 radical (unpaired) electrons. The topological polar surface area (TPSA) is 66.8 Å². The van der Waals surface area contributed by atoms with Gasteiger partial charge in [0.15, 0.2) is 0 Å². The van der Waals surface area contributed by atoms with Gasteiger partial charge in [0.2, 0.25) is 0 Å². The average molecular weight is 428 g/mol. The van der Waals surface area contributed by atoms with Crippen LogP contribution in [0, 0.1) is 5.82 Å². The van der Waals surface area contributed by atoms with Gasteiger partial charge in [-0.05, 0) is 17.7 Å². The van der Waals surface area contributed by atoms with Gasteiger partial charge in [0, 0.05) is 25.2 Å². The molecule has 0 aliphatic carbocycles. The Morgan fingerprint density at radius 1 is 1.28 bits per heavy atom. The molecule has 1 aliphatic heterocycles. The summed E-state index contributed by atoms with van der Waals surface area (Å²) in [6, 6.07) is 2.65. The van der Waals surface area contributed by atoms with Crippen LogP contribution in [-0.4, -0.2) is 26.3 Å². The third-order valence-corrected chi connectivity index (χ3v) is 5.19. The Morgan fingerprint density at radius 2 is 2.07 bits per heavy atom. The Bertz CT molecular complexity index is 1120. The van der Waals surface area contributed by atoms with Gasteiger partial charge in [0.1, 0.15) is 10.8 Å². The van der Waals surface area contributed by atoms with Crippen LogP contribution in [0.4, 0.5) is 23.2 Å². The monoisotopic (exact) mass is 427 g/mol. The van der Waals surface area contributed by atoms with E-state index < -0.39 is 23.1 Å². The van der Waals surface area contributed by atoms with Crippen molar-refractivity contribution in [3.8, 4) is 0 Å². The van der Waals surface area contributed by atoms with E-state index in [0.717, 1.165) is 17.8 Å². The van der Waals surface area contributed by atoms with Gasteiger partial charge in [-0.2, -0.15) is 18.3 Å². The normalized spacial score (nSPS) is 14.2. The lowest BCUT2D eigenvalue weighted by atomic mass is 10.1. The van der Waals surface area contributed by atoms with Crippen molar-refractivity contribution >= 4 is 17.3 Å². The van der Waals surface area contributed by atoms with Crippen LogP contribution in [0.25, 0.3) is 0 Å². The minimum Gasteiger partial charge on any atom is -0.362 e. The molecule has 0 saturated heterocycles. The summed E-state index contributed by atoms with van der Waals surface area (Å²) >= 11 is 6.05. The standard InChI is InChI=1S/C18H14ClF4N5O/c19-16-15(6-25-26-17(16)29)27-4-3-14-13(8-27)24-9-28(14)7-10-1-2-11(20)5-12(10)18(21,22)23/h1-2,5-6,9H,3-4,7-8H2,(H,26,29). The number of alkyl halides is 3. The van der Waals surface area contributed by atoms with Gasteiger partial charge in [-0.15, -0.1) is 0 Å². The molecule has 0 bridgehead atoms. The molecule has 0 unspecified atom stereocenters. The lowest BCUT2D eigenvalue weighted by molar-refractivity contribution is -0.138. The first-order chi connectivity index (χ1) is 13.7. The van der Waals surface area contributed by atoms with Crippen molar-refractivity contribution in [3.63, 3.8) is 0 Å². The third kappa shape index (κ3) is 3.71. The highest BCUT2D eigenvalue weighted by Gasteiger charge is 2.34. The maximum absolute atomic E-state index is 13.3. The fourth-order valence-corrected chi connectivity index (χ4v) is 3.65. The predicted octanol–water partition coefficient (Wildman–Crippen LogP) is 3.39. The summed E-state index contributed by atoms with van der Waals surface area (Å²) in [5.74, 6) is -0.937. The van der Waals surface area contributed by atoms with E-state index in [-0.39, 0.29) is 17.1 Å². The Kier molecular flexibility index (Phi) is 4.81. The zero-order valence-electron chi connectivity index (χ0n) is 14.8. The number of aromatic amines is 1. The highest BCUT2D eigenvalue weighted by Crippen LogP contribution is 2.33. The molecule has 2 aromatic heterocycles. The molecule has 1 N–H and O–H groups in total. The molecule has 152 valence electrons. The number of aromatic nitrogens is 4. The van der Waals surface area contributed by atoms with Gasteiger partial charge < -0.3 is 9.47 Å². The molecular formula is C18H14ClF4N5O. The number of H-pyrrole nitrogens is 1. The molecule has 0 atom stereocenters. The van der Waals surface area contributed by atoms with Crippen LogP contribution < -0.4 is 10.5 Å². The first kappa shape index (κ1) is 19.4. The number of hydrogen-bond donors (Lipinski definition) is 1. The number of rotatable bonds is 3. The zero-order valence-corrected chi connectivity index (χ0v) is 15.6. The van der Waals surface area contributed by atoms with Crippen LogP contribution in [0.1, 0.15) is 22.5 Å². The summed E-state index contributed by atoms with van der Waals surface area (Å²) < 4.78 is 54.7. The van der Waals surface area contributed by atoms with Gasteiger partial charge in [0.25, 0.3) is 5.56 Å². The van der Waals surface area contributed by atoms with E-state index in [1.54, 1.807) is 4.57 Å². The van der Waals surface area contributed by atoms with E-state index in [1.807, 2.05) is 4.90 Å². The number of anilines is 1. The number of hydrogen-bond acceptors (Lipinski definition) is 4. The average Bonchev–Trinajstić information content (AvgIpc) is 3.06. The van der Waals surface area contributed by atoms with E-state index in [1.165, 1.54) is 12.5 Å². The lowest BCUT2D eigenvalue weighted by Crippen LogP contribution is -2.32. The smallest absolute Gasteiger partial charge is 0.362 e. The van der Waals surface area contributed by atoms with Crippen molar-refractivity contribution in [2.75, 3.05) is 11.4 Å². The molecule has 3 heterocycles. The molecule has 29 heavy (non-hydrogen) atoms. The van der Waals surface area contributed by atoms with Gasteiger partial charge >= 0.3 is 6.18 Å². The van der Waals surface area contributed by atoms with Gasteiger partial charge in [-0.3, -0.25) is 4.79 Å². The maximum Gasteiger partial charge on any atom is 0.416 e. The van der Waals surface area contributed by atoms with E-state index in [2.05, 4.69) is 15.2 Å². The third-order valence-electron chi connectivity index (χ3n) is 4.83. The van der Waals surface area contributed by atoms with Crippen molar-refractivity contribution in [2.45, 2.75) is 25.7 Å². The van der Waals surface area contributed by atoms with Crippen LogP contribution in [0.15, 0.2) is 35.5 Å².